The Bertz CT molecular complexity index is 609. The number of aryl methyl sites for hydroxylation is 1. The van der Waals surface area contributed by atoms with Crippen LogP contribution in [0.25, 0.3) is 11.0 Å². The molecule has 2 heterocycles. The van der Waals surface area contributed by atoms with Gasteiger partial charge in [0, 0.05) is 17.6 Å². The molecule has 0 spiro atoms. The summed E-state index contributed by atoms with van der Waals surface area (Å²) < 4.78 is 23.9. The molecule has 1 aromatic carbocycles. The van der Waals surface area contributed by atoms with E-state index in [0.717, 1.165) is 6.42 Å². The molecule has 1 atom stereocenters. The number of hydrogen-bond donors (Lipinski definition) is 0. The number of hydrogen-bond acceptors (Lipinski definition) is 3. The molecule has 1 aromatic heterocycles. The third kappa shape index (κ3) is 1.73. The van der Waals surface area contributed by atoms with E-state index < -0.39 is 0 Å². The third-order valence-corrected chi connectivity index (χ3v) is 3.42. The lowest BCUT2D eigenvalue weighted by Crippen LogP contribution is -2.14. The lowest BCUT2D eigenvalue weighted by atomic mass is 9.99. The molecule has 1 fully saturated rings. The van der Waals surface area contributed by atoms with Gasteiger partial charge in [-0.15, -0.1) is 0 Å². The molecule has 2 aromatic rings. The number of halogens is 1. The summed E-state index contributed by atoms with van der Waals surface area (Å²) in [4.78, 5) is 12.3. The van der Waals surface area contributed by atoms with Crippen molar-refractivity contribution in [3.63, 3.8) is 0 Å². The zero-order valence-electron chi connectivity index (χ0n) is 10.0. The minimum Gasteiger partial charge on any atom is -0.453 e. The molecule has 1 unspecified atom stereocenters. The lowest BCUT2D eigenvalue weighted by molar-refractivity contribution is 0.0873. The highest BCUT2D eigenvalue weighted by Gasteiger charge is 2.29. The maximum absolute atomic E-state index is 13.2. The molecule has 0 saturated carbocycles. The molecule has 0 aliphatic carbocycles. The average molecular weight is 248 g/mol. The van der Waals surface area contributed by atoms with Crippen LogP contribution in [-0.2, 0) is 4.74 Å². The van der Waals surface area contributed by atoms with Crippen LogP contribution in [0.5, 0.6) is 0 Å². The van der Waals surface area contributed by atoms with Crippen molar-refractivity contribution >= 4 is 16.8 Å². The summed E-state index contributed by atoms with van der Waals surface area (Å²) in [6.07, 6.45) is 0.726. The van der Waals surface area contributed by atoms with E-state index in [2.05, 4.69) is 0 Å². The Hall–Kier alpha value is -1.68. The van der Waals surface area contributed by atoms with Crippen molar-refractivity contribution in [1.82, 2.24) is 0 Å². The van der Waals surface area contributed by atoms with Gasteiger partial charge in [-0.2, -0.15) is 0 Å². The number of carbonyl (C=O) groups excluding carboxylic acids is 1. The third-order valence-electron chi connectivity index (χ3n) is 3.42. The van der Waals surface area contributed by atoms with Gasteiger partial charge in [-0.25, -0.2) is 4.39 Å². The molecule has 3 rings (SSSR count). The van der Waals surface area contributed by atoms with Crippen LogP contribution >= 0.6 is 0 Å². The van der Waals surface area contributed by atoms with E-state index in [1.165, 1.54) is 12.1 Å². The van der Waals surface area contributed by atoms with Gasteiger partial charge < -0.3 is 9.15 Å². The summed E-state index contributed by atoms with van der Waals surface area (Å²) >= 11 is 0. The maximum Gasteiger partial charge on any atom is 0.203 e. The van der Waals surface area contributed by atoms with E-state index in [9.17, 15) is 9.18 Å². The summed E-state index contributed by atoms with van der Waals surface area (Å²) in [5.74, 6) is -0.156. The summed E-state index contributed by atoms with van der Waals surface area (Å²) in [6.45, 7) is 2.85. The fourth-order valence-electron chi connectivity index (χ4n) is 2.35. The van der Waals surface area contributed by atoms with Crippen molar-refractivity contribution in [2.45, 2.75) is 13.3 Å². The molecule has 0 amide bonds. The van der Waals surface area contributed by atoms with E-state index in [1.54, 1.807) is 13.0 Å². The summed E-state index contributed by atoms with van der Waals surface area (Å²) in [5, 5.41) is 0.664. The number of ether oxygens (including phenoxy) is 1. The SMILES string of the molecule is Cc1c(C(=O)C2CCOC2)oc2ccc(F)cc12. The first-order valence-corrected chi connectivity index (χ1v) is 5.97. The number of ketones is 1. The van der Waals surface area contributed by atoms with Crippen molar-refractivity contribution in [3.8, 4) is 0 Å². The standard InChI is InChI=1S/C14H13FO3/c1-8-11-6-10(15)2-3-12(11)18-14(8)13(16)9-4-5-17-7-9/h2-3,6,9H,4-5,7H2,1H3. The predicted octanol–water partition coefficient (Wildman–Crippen LogP) is 3.10. The highest BCUT2D eigenvalue weighted by Crippen LogP contribution is 2.29. The van der Waals surface area contributed by atoms with Crippen molar-refractivity contribution in [1.29, 1.82) is 0 Å². The van der Waals surface area contributed by atoms with Gasteiger partial charge in [0.15, 0.2) is 5.76 Å². The monoisotopic (exact) mass is 248 g/mol. The Kier molecular flexibility index (Phi) is 2.67. The molecular weight excluding hydrogens is 235 g/mol. The van der Waals surface area contributed by atoms with Gasteiger partial charge in [-0.05, 0) is 31.5 Å². The molecule has 1 saturated heterocycles. The van der Waals surface area contributed by atoms with Crippen LogP contribution in [0.3, 0.4) is 0 Å². The number of rotatable bonds is 2. The molecule has 94 valence electrons. The molecule has 4 heteroatoms. The Morgan fingerprint density at radius 1 is 1.44 bits per heavy atom. The summed E-state index contributed by atoms with van der Waals surface area (Å²) in [6, 6.07) is 4.29. The van der Waals surface area contributed by atoms with Crippen LogP contribution in [-0.4, -0.2) is 19.0 Å². The minimum atomic E-state index is -0.324. The molecule has 18 heavy (non-hydrogen) atoms. The zero-order valence-corrected chi connectivity index (χ0v) is 10.0. The first-order valence-electron chi connectivity index (χ1n) is 5.97. The van der Waals surface area contributed by atoms with Crippen LogP contribution in [0.4, 0.5) is 4.39 Å². The van der Waals surface area contributed by atoms with E-state index in [0.29, 0.717) is 35.5 Å². The van der Waals surface area contributed by atoms with Gasteiger partial charge in [0.2, 0.25) is 5.78 Å². The van der Waals surface area contributed by atoms with Crippen molar-refractivity contribution in [3.05, 3.63) is 35.3 Å². The van der Waals surface area contributed by atoms with Crippen molar-refractivity contribution in [2.75, 3.05) is 13.2 Å². The minimum absolute atomic E-state index is 0.0402. The molecule has 3 nitrogen and oxygen atoms in total. The Morgan fingerprint density at radius 3 is 3.00 bits per heavy atom. The number of benzene rings is 1. The number of fused-ring (bicyclic) bond motifs is 1. The van der Waals surface area contributed by atoms with Gasteiger partial charge >= 0.3 is 0 Å². The summed E-state index contributed by atoms with van der Waals surface area (Å²) in [5.41, 5.74) is 1.26. The fourth-order valence-corrected chi connectivity index (χ4v) is 2.35. The maximum atomic E-state index is 13.2. The topological polar surface area (TPSA) is 39.4 Å². The first-order chi connectivity index (χ1) is 8.66. The average Bonchev–Trinajstić information content (AvgIpc) is 2.98. The summed E-state index contributed by atoms with van der Waals surface area (Å²) in [7, 11) is 0. The van der Waals surface area contributed by atoms with E-state index >= 15 is 0 Å². The number of Topliss-reactive ketones (excluding diaryl/α,β-unsaturated/α-hetero) is 1. The smallest absolute Gasteiger partial charge is 0.203 e. The highest BCUT2D eigenvalue weighted by atomic mass is 19.1. The van der Waals surface area contributed by atoms with Gasteiger partial charge in [0.25, 0.3) is 0 Å². The van der Waals surface area contributed by atoms with Crippen LogP contribution in [0.2, 0.25) is 0 Å². The van der Waals surface area contributed by atoms with Gasteiger partial charge in [-0.1, -0.05) is 0 Å². The van der Waals surface area contributed by atoms with E-state index in [1.807, 2.05) is 0 Å². The molecule has 0 N–H and O–H groups in total. The lowest BCUT2D eigenvalue weighted by Gasteiger charge is -2.03. The Morgan fingerprint density at radius 2 is 2.28 bits per heavy atom. The fraction of sp³-hybridized carbons (Fsp3) is 0.357. The van der Waals surface area contributed by atoms with Crippen LogP contribution < -0.4 is 0 Å². The zero-order chi connectivity index (χ0) is 12.7. The Labute approximate surface area is 104 Å². The van der Waals surface area contributed by atoms with Gasteiger partial charge in [0.1, 0.15) is 11.4 Å². The molecule has 0 bridgehead atoms. The number of furan rings is 1. The molecule has 1 aliphatic rings. The quantitative estimate of drug-likeness (QED) is 0.766. The normalized spacial score (nSPS) is 19.6. The van der Waals surface area contributed by atoms with Crippen molar-refractivity contribution in [2.24, 2.45) is 5.92 Å². The predicted molar refractivity (Wildman–Crippen MR) is 64.2 cm³/mol. The largest absolute Gasteiger partial charge is 0.453 e. The van der Waals surface area contributed by atoms with Crippen molar-refractivity contribution < 1.29 is 18.3 Å². The highest BCUT2D eigenvalue weighted by molar-refractivity contribution is 6.01. The van der Waals surface area contributed by atoms with E-state index in [4.69, 9.17) is 9.15 Å². The Balaban J connectivity index is 2.06. The van der Waals surface area contributed by atoms with Gasteiger partial charge in [-0.3, -0.25) is 4.79 Å². The molecule has 1 aliphatic heterocycles. The second-order valence-corrected chi connectivity index (χ2v) is 4.62. The number of carbonyl (C=O) groups is 1. The van der Waals surface area contributed by atoms with E-state index in [-0.39, 0.29) is 17.5 Å². The first kappa shape index (κ1) is 11.4. The van der Waals surface area contributed by atoms with Crippen LogP contribution in [0.1, 0.15) is 22.5 Å². The van der Waals surface area contributed by atoms with Gasteiger partial charge in [0.05, 0.1) is 12.5 Å². The van der Waals surface area contributed by atoms with Crippen LogP contribution in [0.15, 0.2) is 22.6 Å². The second-order valence-electron chi connectivity index (χ2n) is 4.62. The second kappa shape index (κ2) is 4.21. The molecule has 0 radical (unpaired) electrons. The molecular formula is C14H13FO3. The van der Waals surface area contributed by atoms with Crippen LogP contribution in [0, 0.1) is 18.7 Å².